The fourth-order valence-electron chi connectivity index (χ4n) is 2.42. The molecule has 2 heterocycles. The Morgan fingerprint density at radius 2 is 2.30 bits per heavy atom. The zero-order chi connectivity index (χ0) is 14.7. The van der Waals surface area contributed by atoms with E-state index in [2.05, 4.69) is 16.6 Å². The number of esters is 1. The fourth-order valence-corrected chi connectivity index (χ4v) is 2.42. The summed E-state index contributed by atoms with van der Waals surface area (Å²) in [7, 11) is 1.26. The molecule has 1 aromatic rings. The Morgan fingerprint density at radius 3 is 2.90 bits per heavy atom. The average Bonchev–Trinajstić information content (AvgIpc) is 2.45. The van der Waals surface area contributed by atoms with Gasteiger partial charge in [-0.05, 0) is 24.8 Å². The third-order valence-electron chi connectivity index (χ3n) is 3.40. The van der Waals surface area contributed by atoms with E-state index >= 15 is 0 Å². The third kappa shape index (κ3) is 2.87. The molecule has 0 amide bonds. The maximum absolute atomic E-state index is 11.5. The molecule has 0 aliphatic carbocycles. The fraction of sp³-hybridized carbons (Fsp3) is 0.538. The summed E-state index contributed by atoms with van der Waals surface area (Å²) in [5.41, 5.74) is 0.0121. The number of nitro groups is 1. The first-order valence-electron chi connectivity index (χ1n) is 6.51. The lowest BCUT2D eigenvalue weighted by molar-refractivity contribution is -0.384. The highest BCUT2D eigenvalue weighted by molar-refractivity contribution is 5.88. The number of carbonyl (C=O) groups is 1. The van der Waals surface area contributed by atoms with Crippen molar-refractivity contribution in [3.05, 3.63) is 27.9 Å². The smallest absolute Gasteiger partial charge is 0.356 e. The van der Waals surface area contributed by atoms with Crippen molar-refractivity contribution < 1.29 is 14.5 Å². The molecule has 1 aliphatic rings. The van der Waals surface area contributed by atoms with E-state index in [4.69, 9.17) is 0 Å². The Morgan fingerprint density at radius 1 is 1.55 bits per heavy atom. The lowest BCUT2D eigenvalue weighted by Crippen LogP contribution is -2.35. The molecule has 20 heavy (non-hydrogen) atoms. The van der Waals surface area contributed by atoms with E-state index < -0.39 is 10.9 Å². The first-order valence-corrected chi connectivity index (χ1v) is 6.51. The second-order valence-electron chi connectivity index (χ2n) is 4.98. The van der Waals surface area contributed by atoms with Crippen LogP contribution in [0.1, 0.15) is 30.3 Å². The Labute approximate surface area is 116 Å². The van der Waals surface area contributed by atoms with E-state index in [0.717, 1.165) is 12.8 Å². The second kappa shape index (κ2) is 5.85. The molecule has 1 unspecified atom stereocenters. The van der Waals surface area contributed by atoms with Gasteiger partial charge >= 0.3 is 11.7 Å². The monoisotopic (exact) mass is 279 g/mol. The van der Waals surface area contributed by atoms with Crippen LogP contribution in [0.4, 0.5) is 11.5 Å². The van der Waals surface area contributed by atoms with Crippen LogP contribution < -0.4 is 4.90 Å². The lowest BCUT2D eigenvalue weighted by Gasteiger charge is -2.31. The number of pyridine rings is 1. The van der Waals surface area contributed by atoms with Crippen molar-refractivity contribution in [1.29, 1.82) is 0 Å². The molecule has 108 valence electrons. The molecule has 7 nitrogen and oxygen atoms in total. The standard InChI is InChI=1S/C13H17N3O4/c1-9-4-3-7-15(8-9)12-11(16(18)19)6-5-10(14-12)13(17)20-2/h5-6,9H,3-4,7-8H2,1-2H3. The van der Waals surface area contributed by atoms with Gasteiger partial charge in [0.1, 0.15) is 0 Å². The van der Waals surface area contributed by atoms with E-state index in [1.807, 2.05) is 4.90 Å². The normalized spacial score (nSPS) is 18.7. The van der Waals surface area contributed by atoms with Crippen LogP contribution in [0.3, 0.4) is 0 Å². The van der Waals surface area contributed by atoms with Crippen LogP contribution in [0.5, 0.6) is 0 Å². The summed E-state index contributed by atoms with van der Waals surface area (Å²) < 4.78 is 4.61. The van der Waals surface area contributed by atoms with Crippen LogP contribution >= 0.6 is 0 Å². The van der Waals surface area contributed by atoms with Gasteiger partial charge in [-0.15, -0.1) is 0 Å². The SMILES string of the molecule is COC(=O)c1ccc([N+](=O)[O-])c(N2CCCC(C)C2)n1. The van der Waals surface area contributed by atoms with Crippen LogP contribution in [0.15, 0.2) is 12.1 Å². The molecule has 1 saturated heterocycles. The predicted octanol–water partition coefficient (Wildman–Crippen LogP) is 2.01. The predicted molar refractivity (Wildman–Crippen MR) is 72.8 cm³/mol. The first kappa shape index (κ1) is 14.2. The van der Waals surface area contributed by atoms with Crippen LogP contribution in [-0.4, -0.2) is 36.1 Å². The minimum absolute atomic E-state index is 0.0771. The van der Waals surface area contributed by atoms with Gasteiger partial charge in [0.2, 0.25) is 5.82 Å². The molecule has 1 fully saturated rings. The van der Waals surface area contributed by atoms with Crippen molar-refractivity contribution >= 4 is 17.5 Å². The number of rotatable bonds is 3. The van der Waals surface area contributed by atoms with Crippen molar-refractivity contribution in [3.8, 4) is 0 Å². The highest BCUT2D eigenvalue weighted by Gasteiger charge is 2.26. The van der Waals surface area contributed by atoms with Crippen molar-refractivity contribution in [2.45, 2.75) is 19.8 Å². The summed E-state index contributed by atoms with van der Waals surface area (Å²) >= 11 is 0. The van der Waals surface area contributed by atoms with Crippen molar-refractivity contribution in [3.63, 3.8) is 0 Å². The largest absolute Gasteiger partial charge is 0.464 e. The van der Waals surface area contributed by atoms with Crippen LogP contribution in [0.25, 0.3) is 0 Å². The Kier molecular flexibility index (Phi) is 4.16. The molecule has 7 heteroatoms. The van der Waals surface area contributed by atoms with Gasteiger partial charge in [-0.3, -0.25) is 10.1 Å². The summed E-state index contributed by atoms with van der Waals surface area (Å²) in [6.45, 7) is 3.52. The molecule has 0 bridgehead atoms. The van der Waals surface area contributed by atoms with Crippen LogP contribution in [0, 0.1) is 16.0 Å². The molecular formula is C13H17N3O4. The Bertz CT molecular complexity index is 532. The second-order valence-corrected chi connectivity index (χ2v) is 4.98. The summed E-state index contributed by atoms with van der Waals surface area (Å²) in [6, 6.07) is 2.63. The number of hydrogen-bond acceptors (Lipinski definition) is 6. The number of carbonyl (C=O) groups excluding carboxylic acids is 1. The Balaban J connectivity index is 2.41. The van der Waals surface area contributed by atoms with Gasteiger partial charge in [0.05, 0.1) is 12.0 Å². The molecule has 0 spiro atoms. The molecule has 2 rings (SSSR count). The van der Waals surface area contributed by atoms with Gasteiger partial charge in [-0.2, -0.15) is 0 Å². The van der Waals surface area contributed by atoms with E-state index in [-0.39, 0.29) is 17.2 Å². The minimum Gasteiger partial charge on any atom is -0.464 e. The quantitative estimate of drug-likeness (QED) is 0.478. The number of piperidine rings is 1. The molecule has 1 aromatic heterocycles. The third-order valence-corrected chi connectivity index (χ3v) is 3.40. The highest BCUT2D eigenvalue weighted by Crippen LogP contribution is 2.30. The Hall–Kier alpha value is -2.18. The molecule has 1 aliphatic heterocycles. The zero-order valence-corrected chi connectivity index (χ0v) is 11.5. The number of aromatic nitrogens is 1. The molecule has 0 N–H and O–H groups in total. The summed E-state index contributed by atoms with van der Waals surface area (Å²) in [5.74, 6) is 0.114. The maximum atomic E-state index is 11.5. The molecule has 0 aromatic carbocycles. The number of hydrogen-bond donors (Lipinski definition) is 0. The van der Waals surface area contributed by atoms with Gasteiger partial charge < -0.3 is 9.64 Å². The highest BCUT2D eigenvalue weighted by atomic mass is 16.6. The van der Waals surface area contributed by atoms with E-state index in [9.17, 15) is 14.9 Å². The number of ether oxygens (including phenoxy) is 1. The molecule has 0 radical (unpaired) electrons. The van der Waals surface area contributed by atoms with Crippen molar-refractivity contribution in [1.82, 2.24) is 4.98 Å². The average molecular weight is 279 g/mol. The van der Waals surface area contributed by atoms with E-state index in [0.29, 0.717) is 19.0 Å². The molecule has 1 atom stereocenters. The van der Waals surface area contributed by atoms with E-state index in [1.165, 1.54) is 19.2 Å². The summed E-state index contributed by atoms with van der Waals surface area (Å²) in [4.78, 5) is 28.2. The minimum atomic E-state index is -0.591. The summed E-state index contributed by atoms with van der Waals surface area (Å²) in [5, 5.41) is 11.1. The van der Waals surface area contributed by atoms with Crippen LogP contribution in [0.2, 0.25) is 0 Å². The number of anilines is 1. The van der Waals surface area contributed by atoms with E-state index in [1.54, 1.807) is 0 Å². The topological polar surface area (TPSA) is 85.6 Å². The van der Waals surface area contributed by atoms with Gasteiger partial charge in [0, 0.05) is 19.2 Å². The van der Waals surface area contributed by atoms with Gasteiger partial charge in [-0.1, -0.05) is 6.92 Å². The zero-order valence-electron chi connectivity index (χ0n) is 11.5. The first-order chi connectivity index (χ1) is 9.52. The summed E-state index contributed by atoms with van der Waals surface area (Å²) in [6.07, 6.45) is 2.06. The maximum Gasteiger partial charge on any atom is 0.356 e. The molecule has 0 saturated carbocycles. The number of nitrogens with zero attached hydrogens (tertiary/aromatic N) is 3. The number of methoxy groups -OCH3 is 1. The van der Waals surface area contributed by atoms with Gasteiger partial charge in [0.25, 0.3) is 0 Å². The molecular weight excluding hydrogens is 262 g/mol. The lowest BCUT2D eigenvalue weighted by atomic mass is 10.0. The van der Waals surface area contributed by atoms with Gasteiger partial charge in [-0.25, -0.2) is 9.78 Å². The van der Waals surface area contributed by atoms with Gasteiger partial charge in [0.15, 0.2) is 5.69 Å². The van der Waals surface area contributed by atoms with Crippen molar-refractivity contribution in [2.75, 3.05) is 25.1 Å². The van der Waals surface area contributed by atoms with Crippen LogP contribution in [-0.2, 0) is 4.74 Å². The van der Waals surface area contributed by atoms with Crippen molar-refractivity contribution in [2.24, 2.45) is 5.92 Å².